The van der Waals surface area contributed by atoms with Crippen LogP contribution in [0, 0.1) is 17.3 Å². The molecule has 5 heteroatoms. The van der Waals surface area contributed by atoms with Crippen molar-refractivity contribution in [3.8, 4) is 0 Å². The zero-order valence-corrected chi connectivity index (χ0v) is 10.9. The standard InChI is InChI=1S/C14H20O5/c15-10-7-6-9-12(13(18)19)14(9,10)8-4-2-1-3-5-11(16)17/h9,12H,1-8H2,(H,16,17)(H,18,19). The second-order valence-electron chi connectivity index (χ2n) is 5.73. The molecule has 3 atom stereocenters. The summed E-state index contributed by atoms with van der Waals surface area (Å²) >= 11 is 0. The minimum absolute atomic E-state index is 0.0662. The van der Waals surface area contributed by atoms with Crippen LogP contribution in [0.3, 0.4) is 0 Å². The average Bonchev–Trinajstić information content (AvgIpc) is 2.89. The van der Waals surface area contributed by atoms with E-state index in [1.54, 1.807) is 0 Å². The average molecular weight is 268 g/mol. The van der Waals surface area contributed by atoms with Gasteiger partial charge in [0.05, 0.1) is 5.92 Å². The predicted octanol–water partition coefficient (Wildman–Crippen LogP) is 2.09. The van der Waals surface area contributed by atoms with Crippen LogP contribution in [0.25, 0.3) is 0 Å². The van der Waals surface area contributed by atoms with Gasteiger partial charge in [-0.15, -0.1) is 0 Å². The summed E-state index contributed by atoms with van der Waals surface area (Å²) in [7, 11) is 0. The Balaban J connectivity index is 1.74. The molecule has 0 saturated heterocycles. The third-order valence-electron chi connectivity index (χ3n) is 4.71. The molecular formula is C14H20O5. The second-order valence-corrected chi connectivity index (χ2v) is 5.73. The van der Waals surface area contributed by atoms with Crippen molar-refractivity contribution in [1.82, 2.24) is 0 Å². The molecule has 0 spiro atoms. The van der Waals surface area contributed by atoms with Gasteiger partial charge in [-0.2, -0.15) is 0 Å². The number of aliphatic carboxylic acids is 2. The molecule has 0 radical (unpaired) electrons. The number of Topliss-reactive ketones (excluding diaryl/α,β-unsaturated/α-hetero) is 1. The molecule has 0 amide bonds. The van der Waals surface area contributed by atoms with Crippen molar-refractivity contribution in [2.45, 2.75) is 51.4 Å². The minimum Gasteiger partial charge on any atom is -0.481 e. The van der Waals surface area contributed by atoms with Crippen LogP contribution in [0.1, 0.15) is 51.4 Å². The van der Waals surface area contributed by atoms with E-state index in [4.69, 9.17) is 10.2 Å². The monoisotopic (exact) mass is 268 g/mol. The second kappa shape index (κ2) is 5.31. The highest BCUT2D eigenvalue weighted by Crippen LogP contribution is 2.68. The lowest BCUT2D eigenvalue weighted by Gasteiger charge is -2.12. The van der Waals surface area contributed by atoms with E-state index in [0.717, 1.165) is 25.7 Å². The number of ketones is 1. The molecule has 0 aromatic carbocycles. The van der Waals surface area contributed by atoms with Gasteiger partial charge in [-0.1, -0.05) is 19.3 Å². The number of hydrogen-bond acceptors (Lipinski definition) is 3. The predicted molar refractivity (Wildman–Crippen MR) is 66.6 cm³/mol. The van der Waals surface area contributed by atoms with Crippen molar-refractivity contribution in [3.63, 3.8) is 0 Å². The van der Waals surface area contributed by atoms with Crippen LogP contribution < -0.4 is 0 Å². The number of carbonyl (C=O) groups is 3. The normalized spacial score (nSPS) is 32.1. The van der Waals surface area contributed by atoms with Crippen molar-refractivity contribution in [3.05, 3.63) is 0 Å². The van der Waals surface area contributed by atoms with Gasteiger partial charge in [-0.3, -0.25) is 14.4 Å². The van der Waals surface area contributed by atoms with Crippen molar-refractivity contribution in [2.75, 3.05) is 0 Å². The fourth-order valence-corrected chi connectivity index (χ4v) is 3.76. The van der Waals surface area contributed by atoms with Gasteiger partial charge >= 0.3 is 11.9 Å². The number of carbonyl (C=O) groups excluding carboxylic acids is 1. The van der Waals surface area contributed by atoms with Crippen molar-refractivity contribution in [1.29, 1.82) is 0 Å². The maximum atomic E-state index is 11.9. The summed E-state index contributed by atoms with van der Waals surface area (Å²) in [5.41, 5.74) is -0.557. The van der Waals surface area contributed by atoms with Gasteiger partial charge in [0, 0.05) is 18.3 Å². The largest absolute Gasteiger partial charge is 0.481 e. The van der Waals surface area contributed by atoms with Gasteiger partial charge < -0.3 is 10.2 Å². The first-order valence-corrected chi connectivity index (χ1v) is 6.98. The topological polar surface area (TPSA) is 91.7 Å². The van der Waals surface area contributed by atoms with Crippen molar-refractivity contribution < 1.29 is 24.6 Å². The molecule has 2 saturated carbocycles. The Morgan fingerprint density at radius 1 is 1.16 bits per heavy atom. The first kappa shape index (κ1) is 14.0. The minimum atomic E-state index is -0.830. The van der Waals surface area contributed by atoms with Crippen LogP contribution >= 0.6 is 0 Å². The van der Waals surface area contributed by atoms with Gasteiger partial charge in [0.2, 0.25) is 0 Å². The lowest BCUT2D eigenvalue weighted by atomic mass is 9.91. The molecule has 2 N–H and O–H groups in total. The number of fused-ring (bicyclic) bond motifs is 1. The summed E-state index contributed by atoms with van der Waals surface area (Å²) in [6.45, 7) is 0. The maximum absolute atomic E-state index is 11.9. The Morgan fingerprint density at radius 3 is 2.42 bits per heavy atom. The number of carboxylic acids is 2. The molecule has 0 aliphatic heterocycles. The van der Waals surface area contributed by atoms with E-state index in [1.807, 2.05) is 0 Å². The Labute approximate surface area is 112 Å². The Morgan fingerprint density at radius 2 is 1.84 bits per heavy atom. The third-order valence-corrected chi connectivity index (χ3v) is 4.71. The number of unbranched alkanes of at least 4 members (excludes halogenated alkanes) is 3. The number of carboxylic acid groups (broad SMARTS) is 2. The molecule has 106 valence electrons. The lowest BCUT2D eigenvalue weighted by molar-refractivity contribution is -0.142. The molecule has 2 rings (SSSR count). The molecular weight excluding hydrogens is 248 g/mol. The number of rotatable bonds is 8. The summed E-state index contributed by atoms with van der Waals surface area (Å²) in [5.74, 6) is -1.86. The van der Waals surface area contributed by atoms with Crippen LogP contribution in [0.4, 0.5) is 0 Å². The van der Waals surface area contributed by atoms with Gasteiger partial charge in [0.15, 0.2) is 0 Å². The van der Waals surface area contributed by atoms with E-state index in [-0.39, 0.29) is 18.1 Å². The zero-order valence-electron chi connectivity index (χ0n) is 10.9. The molecule has 0 aromatic rings. The molecule has 19 heavy (non-hydrogen) atoms. The van der Waals surface area contributed by atoms with Crippen LogP contribution in [-0.2, 0) is 14.4 Å². The highest BCUT2D eigenvalue weighted by atomic mass is 16.4. The van der Waals surface area contributed by atoms with Gasteiger partial charge in [0.25, 0.3) is 0 Å². The summed E-state index contributed by atoms with van der Waals surface area (Å²) in [6, 6.07) is 0. The Bertz CT molecular complexity index is 403. The van der Waals surface area contributed by atoms with E-state index < -0.39 is 23.3 Å². The van der Waals surface area contributed by atoms with Crippen molar-refractivity contribution in [2.24, 2.45) is 17.3 Å². The number of hydrogen-bond donors (Lipinski definition) is 2. The SMILES string of the molecule is O=C(O)CCCCCCC12C(=O)CCC1C2C(=O)O. The maximum Gasteiger partial charge on any atom is 0.307 e. The third kappa shape index (κ3) is 2.51. The quantitative estimate of drug-likeness (QED) is 0.658. The van der Waals surface area contributed by atoms with Crippen LogP contribution in [0.15, 0.2) is 0 Å². The summed E-state index contributed by atoms with van der Waals surface area (Å²) in [5, 5.41) is 17.6. The van der Waals surface area contributed by atoms with E-state index in [2.05, 4.69) is 0 Å². The Hall–Kier alpha value is -1.39. The zero-order chi connectivity index (χ0) is 14.0. The van der Waals surface area contributed by atoms with Crippen LogP contribution in [-0.4, -0.2) is 27.9 Å². The molecule has 2 aliphatic carbocycles. The van der Waals surface area contributed by atoms with Gasteiger partial charge in [0.1, 0.15) is 5.78 Å². The molecule has 2 fully saturated rings. The van der Waals surface area contributed by atoms with Gasteiger partial charge in [-0.25, -0.2) is 0 Å². The molecule has 0 aromatic heterocycles. The molecule has 5 nitrogen and oxygen atoms in total. The summed E-state index contributed by atoms with van der Waals surface area (Å²) in [6.07, 6.45) is 5.31. The Kier molecular flexibility index (Phi) is 3.92. The summed E-state index contributed by atoms with van der Waals surface area (Å²) in [4.78, 5) is 33.4. The van der Waals surface area contributed by atoms with Crippen LogP contribution in [0.5, 0.6) is 0 Å². The first-order chi connectivity index (χ1) is 9.00. The summed E-state index contributed by atoms with van der Waals surface area (Å²) < 4.78 is 0. The van der Waals surface area contributed by atoms with E-state index in [0.29, 0.717) is 19.3 Å². The van der Waals surface area contributed by atoms with Crippen LogP contribution in [0.2, 0.25) is 0 Å². The van der Waals surface area contributed by atoms with E-state index in [1.165, 1.54) is 0 Å². The smallest absolute Gasteiger partial charge is 0.307 e. The fourth-order valence-electron chi connectivity index (χ4n) is 3.76. The highest BCUT2D eigenvalue weighted by Gasteiger charge is 2.73. The molecule has 3 unspecified atom stereocenters. The van der Waals surface area contributed by atoms with Gasteiger partial charge in [-0.05, 0) is 25.2 Å². The fraction of sp³-hybridized carbons (Fsp3) is 0.786. The van der Waals surface area contributed by atoms with E-state index >= 15 is 0 Å². The highest BCUT2D eigenvalue weighted by molar-refractivity contribution is 5.98. The molecule has 2 aliphatic rings. The molecule has 0 bridgehead atoms. The lowest BCUT2D eigenvalue weighted by Crippen LogP contribution is -2.19. The molecule has 0 heterocycles. The van der Waals surface area contributed by atoms with E-state index in [9.17, 15) is 14.4 Å². The first-order valence-electron chi connectivity index (χ1n) is 6.98. The van der Waals surface area contributed by atoms with Crippen molar-refractivity contribution >= 4 is 17.7 Å².